The Labute approximate surface area is 141 Å². The fraction of sp³-hybridized carbons (Fsp3) is 0.769. The molecule has 0 radical (unpaired) electrons. The lowest BCUT2D eigenvalue weighted by Crippen LogP contribution is -2.56. The largest absolute Gasteiger partial charge is 0.394 e. The van der Waals surface area contributed by atoms with Gasteiger partial charge in [-0.3, -0.25) is 0 Å². The van der Waals surface area contributed by atoms with Crippen molar-refractivity contribution in [2.75, 3.05) is 33.0 Å². The molecule has 0 aliphatic carbocycles. The van der Waals surface area contributed by atoms with Gasteiger partial charge in [-0.25, -0.2) is 28.1 Å². The minimum atomic E-state index is -1.40. The number of aromatic nitrogens is 3. The van der Waals surface area contributed by atoms with Gasteiger partial charge in [0.1, 0.15) is 0 Å². The van der Waals surface area contributed by atoms with Crippen LogP contribution in [0.25, 0.3) is 0 Å². The molecule has 1 aromatic heterocycles. The molecule has 1 heterocycles. The van der Waals surface area contributed by atoms with Crippen LogP contribution in [-0.4, -0.2) is 84.5 Å². The molecule has 12 heteroatoms. The van der Waals surface area contributed by atoms with Gasteiger partial charge in [-0.05, 0) is 0 Å². The van der Waals surface area contributed by atoms with Gasteiger partial charge >= 0.3 is 17.1 Å². The van der Waals surface area contributed by atoms with Crippen molar-refractivity contribution in [1.29, 1.82) is 0 Å². The van der Waals surface area contributed by atoms with Crippen LogP contribution >= 0.6 is 0 Å². The summed E-state index contributed by atoms with van der Waals surface area (Å²) in [6.45, 7) is -3.10. The summed E-state index contributed by atoms with van der Waals surface area (Å²) in [4.78, 5) is 37.0. The molecule has 144 valence electrons. The van der Waals surface area contributed by atoms with E-state index in [1.54, 1.807) is 0 Å². The number of nitrogens with zero attached hydrogens (tertiary/aromatic N) is 3. The van der Waals surface area contributed by atoms with Crippen LogP contribution in [0.5, 0.6) is 0 Å². The second-order valence-corrected chi connectivity index (χ2v) is 5.23. The Bertz CT molecular complexity index is 658. The van der Waals surface area contributed by atoms with Crippen LogP contribution in [0.3, 0.4) is 0 Å². The summed E-state index contributed by atoms with van der Waals surface area (Å²) in [6.07, 6.45) is -2.81. The number of ether oxygens (including phenoxy) is 1. The summed E-state index contributed by atoms with van der Waals surface area (Å²) >= 11 is 0. The van der Waals surface area contributed by atoms with Crippen molar-refractivity contribution < 1.29 is 30.3 Å². The summed E-state index contributed by atoms with van der Waals surface area (Å²) < 4.78 is 6.77. The lowest BCUT2D eigenvalue weighted by atomic mass is 10.3. The Balaban J connectivity index is 3.36. The third-order valence-corrected chi connectivity index (χ3v) is 3.29. The number of hydrogen-bond acceptors (Lipinski definition) is 9. The molecule has 2 unspecified atom stereocenters. The maximum Gasteiger partial charge on any atom is 0.336 e. The van der Waals surface area contributed by atoms with E-state index in [-0.39, 0.29) is 26.4 Å². The number of aliphatic hydroxyl groups excluding tert-OH is 5. The molecule has 1 rings (SSSR count). The van der Waals surface area contributed by atoms with Gasteiger partial charge in [-0.2, -0.15) is 0 Å². The highest BCUT2D eigenvalue weighted by molar-refractivity contribution is 4.81. The van der Waals surface area contributed by atoms with Crippen molar-refractivity contribution in [2.24, 2.45) is 0 Å². The van der Waals surface area contributed by atoms with Crippen molar-refractivity contribution in [3.63, 3.8) is 0 Å². The second kappa shape index (κ2) is 10.2. The highest BCUT2D eigenvalue weighted by atomic mass is 16.5. The van der Waals surface area contributed by atoms with Gasteiger partial charge in [-0.15, -0.1) is 0 Å². The SMILES string of the molecule is O=c1n(CCOCCO)c(=O)n(CC(O)CO)c(=O)n1CC(O)CO. The molecule has 0 saturated heterocycles. The van der Waals surface area contributed by atoms with E-state index in [0.717, 1.165) is 0 Å². The first-order valence-electron chi connectivity index (χ1n) is 7.58. The first kappa shape index (κ1) is 21.2. The maximum absolute atomic E-state index is 12.3. The zero-order valence-electron chi connectivity index (χ0n) is 13.5. The molecule has 2 atom stereocenters. The van der Waals surface area contributed by atoms with Crippen molar-refractivity contribution >= 4 is 0 Å². The van der Waals surface area contributed by atoms with Gasteiger partial charge in [0.2, 0.25) is 0 Å². The number of aliphatic hydroxyl groups is 5. The van der Waals surface area contributed by atoms with Crippen molar-refractivity contribution in [1.82, 2.24) is 13.7 Å². The van der Waals surface area contributed by atoms with E-state index in [1.165, 1.54) is 0 Å². The minimum absolute atomic E-state index is 0.00493. The first-order valence-corrected chi connectivity index (χ1v) is 7.58. The molecule has 0 bridgehead atoms. The Morgan fingerprint density at radius 2 is 1.20 bits per heavy atom. The monoisotopic (exact) mass is 365 g/mol. The number of hydrogen-bond donors (Lipinski definition) is 5. The van der Waals surface area contributed by atoms with E-state index < -0.39 is 55.6 Å². The highest BCUT2D eigenvalue weighted by Crippen LogP contribution is 1.88. The van der Waals surface area contributed by atoms with Gasteiger partial charge < -0.3 is 30.3 Å². The smallest absolute Gasteiger partial charge is 0.336 e. The predicted octanol–water partition coefficient (Wildman–Crippen LogP) is -5.11. The van der Waals surface area contributed by atoms with Crippen LogP contribution in [0.15, 0.2) is 14.4 Å². The molecule has 0 spiro atoms. The third kappa shape index (κ3) is 5.59. The van der Waals surface area contributed by atoms with Gasteiger partial charge in [-0.1, -0.05) is 0 Å². The second-order valence-electron chi connectivity index (χ2n) is 5.23. The minimum Gasteiger partial charge on any atom is -0.394 e. The highest BCUT2D eigenvalue weighted by Gasteiger charge is 2.19. The lowest BCUT2D eigenvalue weighted by molar-refractivity contribution is 0.0682. The normalized spacial score (nSPS) is 13.8. The molecule has 0 saturated carbocycles. The molecule has 0 aromatic carbocycles. The van der Waals surface area contributed by atoms with Gasteiger partial charge in [0.05, 0.1) is 64.9 Å². The van der Waals surface area contributed by atoms with Crippen LogP contribution in [0.4, 0.5) is 0 Å². The van der Waals surface area contributed by atoms with Crippen molar-refractivity contribution in [2.45, 2.75) is 31.8 Å². The summed E-state index contributed by atoms with van der Waals surface area (Å²) in [7, 11) is 0. The molecule has 12 nitrogen and oxygen atoms in total. The van der Waals surface area contributed by atoms with E-state index in [0.29, 0.717) is 13.7 Å². The molecule has 1 aromatic rings. The van der Waals surface area contributed by atoms with E-state index in [9.17, 15) is 24.6 Å². The molecule has 25 heavy (non-hydrogen) atoms. The Morgan fingerprint density at radius 1 is 0.760 bits per heavy atom. The zero-order valence-corrected chi connectivity index (χ0v) is 13.5. The molecule has 0 fully saturated rings. The van der Waals surface area contributed by atoms with Crippen LogP contribution in [0, 0.1) is 0 Å². The van der Waals surface area contributed by atoms with Crippen LogP contribution in [-0.2, 0) is 24.4 Å². The molecule has 5 N–H and O–H groups in total. The first-order chi connectivity index (χ1) is 11.9. The van der Waals surface area contributed by atoms with E-state index in [2.05, 4.69) is 0 Å². The third-order valence-electron chi connectivity index (χ3n) is 3.29. The summed E-state index contributed by atoms with van der Waals surface area (Å²) in [6, 6.07) is 0. The van der Waals surface area contributed by atoms with E-state index >= 15 is 0 Å². The molecular formula is C13H23N3O9. The average Bonchev–Trinajstić information content (AvgIpc) is 2.61. The lowest BCUT2D eigenvalue weighted by Gasteiger charge is -2.16. The Morgan fingerprint density at radius 3 is 1.60 bits per heavy atom. The van der Waals surface area contributed by atoms with Gasteiger partial charge in [0.25, 0.3) is 0 Å². The summed E-state index contributed by atoms with van der Waals surface area (Å²) in [5, 5.41) is 45.4. The van der Waals surface area contributed by atoms with E-state index in [1.807, 2.05) is 0 Å². The standard InChI is InChI=1S/C13H23N3O9/c17-2-4-25-3-1-14-11(22)15(5-9(20)7-18)13(24)16(12(14)23)6-10(21)8-19/h9-10,17-21H,1-8H2. The van der Waals surface area contributed by atoms with Gasteiger partial charge in [0, 0.05) is 0 Å². The van der Waals surface area contributed by atoms with Crippen LogP contribution in [0.2, 0.25) is 0 Å². The van der Waals surface area contributed by atoms with Crippen LogP contribution < -0.4 is 17.1 Å². The van der Waals surface area contributed by atoms with Crippen molar-refractivity contribution in [3.05, 3.63) is 31.5 Å². The Hall–Kier alpha value is -1.83. The zero-order chi connectivity index (χ0) is 19.0. The molecule has 0 aliphatic rings. The molecular weight excluding hydrogens is 342 g/mol. The fourth-order valence-corrected chi connectivity index (χ4v) is 2.05. The predicted molar refractivity (Wildman–Crippen MR) is 83.3 cm³/mol. The van der Waals surface area contributed by atoms with Crippen LogP contribution in [0.1, 0.15) is 0 Å². The topological polar surface area (TPSA) is 176 Å². The summed E-state index contributed by atoms with van der Waals surface area (Å²) in [5.41, 5.74) is -3.10. The Kier molecular flexibility index (Phi) is 8.68. The van der Waals surface area contributed by atoms with Crippen molar-refractivity contribution in [3.8, 4) is 0 Å². The average molecular weight is 365 g/mol. The number of rotatable bonds is 11. The molecule has 0 aliphatic heterocycles. The fourth-order valence-electron chi connectivity index (χ4n) is 2.05. The molecule has 0 amide bonds. The van der Waals surface area contributed by atoms with Gasteiger partial charge in [0.15, 0.2) is 0 Å². The maximum atomic E-state index is 12.3. The van der Waals surface area contributed by atoms with E-state index in [4.69, 9.17) is 20.1 Å². The summed E-state index contributed by atoms with van der Waals surface area (Å²) in [5.74, 6) is 0. The quantitative estimate of drug-likeness (QED) is 0.240.